The molecule has 0 fully saturated rings. The zero-order valence-corrected chi connectivity index (χ0v) is 16.5. The van der Waals surface area contributed by atoms with Gasteiger partial charge in [-0.25, -0.2) is 0 Å². The van der Waals surface area contributed by atoms with Crippen molar-refractivity contribution in [3.63, 3.8) is 0 Å². The van der Waals surface area contributed by atoms with E-state index in [4.69, 9.17) is 10.5 Å². The van der Waals surface area contributed by atoms with E-state index >= 15 is 0 Å². The van der Waals surface area contributed by atoms with Crippen LogP contribution in [0.5, 0.6) is 5.75 Å². The summed E-state index contributed by atoms with van der Waals surface area (Å²) in [6.45, 7) is 1.55. The lowest BCUT2D eigenvalue weighted by atomic mass is 10.1. The first-order valence-electron chi connectivity index (χ1n) is 8.63. The van der Waals surface area contributed by atoms with Gasteiger partial charge in [0.05, 0.1) is 12.9 Å². The number of aromatic nitrogens is 3. The van der Waals surface area contributed by atoms with Crippen molar-refractivity contribution in [1.29, 1.82) is 0 Å². The van der Waals surface area contributed by atoms with Gasteiger partial charge in [-0.05, 0) is 37.3 Å². The third-order valence-electron chi connectivity index (χ3n) is 3.90. The average Bonchev–Trinajstić information content (AvgIpc) is 2.68. The van der Waals surface area contributed by atoms with Crippen LogP contribution in [0.1, 0.15) is 28.7 Å². The minimum atomic E-state index is 0.0239. The molecule has 0 aliphatic carbocycles. The minimum absolute atomic E-state index is 0.0239. The van der Waals surface area contributed by atoms with Crippen LogP contribution in [-0.4, -0.2) is 27.8 Å². The summed E-state index contributed by atoms with van der Waals surface area (Å²) in [6.07, 6.45) is 0. The number of nitrogens with one attached hydrogen (secondary N) is 1. The summed E-state index contributed by atoms with van der Waals surface area (Å²) in [7, 11) is 1.62. The molecule has 144 valence electrons. The molecule has 3 rings (SSSR count). The lowest BCUT2D eigenvalue weighted by Gasteiger charge is -2.10. The maximum atomic E-state index is 11.6. The Morgan fingerprint density at radius 1 is 1.11 bits per heavy atom. The summed E-state index contributed by atoms with van der Waals surface area (Å²) in [5, 5.41) is 3.12. The Hall–Kier alpha value is -3.13. The van der Waals surface area contributed by atoms with E-state index in [9.17, 15) is 4.79 Å². The number of nitrogen functional groups attached to an aromatic ring is 1. The molecule has 0 aliphatic heterocycles. The van der Waals surface area contributed by atoms with Crippen molar-refractivity contribution in [1.82, 2.24) is 15.0 Å². The number of thioether (sulfide) groups is 1. The second-order valence-electron chi connectivity index (χ2n) is 6.00. The molecule has 0 spiro atoms. The highest BCUT2D eigenvalue weighted by Gasteiger charge is 2.09. The third kappa shape index (κ3) is 5.20. The molecule has 0 unspecified atom stereocenters. The maximum Gasteiger partial charge on any atom is 0.232 e. The summed E-state index contributed by atoms with van der Waals surface area (Å²) >= 11 is 1.61. The molecule has 0 saturated carbocycles. The molecule has 3 N–H and O–H groups in total. The van der Waals surface area contributed by atoms with Crippen molar-refractivity contribution in [3.05, 3.63) is 65.5 Å². The SMILES string of the molecule is COc1ccc(C(C)=O)cc1CSCc1nc(N)nc(Nc2ccccc2)n1. The number of rotatable bonds is 8. The van der Waals surface area contributed by atoms with Crippen LogP contribution in [0.25, 0.3) is 0 Å². The number of benzene rings is 2. The molecule has 7 nitrogen and oxygen atoms in total. The van der Waals surface area contributed by atoms with E-state index in [2.05, 4.69) is 20.3 Å². The van der Waals surface area contributed by atoms with Gasteiger partial charge in [-0.15, -0.1) is 11.8 Å². The fourth-order valence-electron chi connectivity index (χ4n) is 2.57. The molecule has 1 aromatic heterocycles. The largest absolute Gasteiger partial charge is 0.496 e. The molecular weight excluding hydrogens is 374 g/mol. The molecule has 0 bridgehead atoms. The number of methoxy groups -OCH3 is 1. The van der Waals surface area contributed by atoms with Crippen molar-refractivity contribution in [2.45, 2.75) is 18.4 Å². The van der Waals surface area contributed by atoms with E-state index in [1.165, 1.54) is 0 Å². The number of Topliss-reactive ketones (excluding diaryl/α,β-unsaturated/α-hetero) is 1. The first kappa shape index (κ1) is 19.6. The second-order valence-corrected chi connectivity index (χ2v) is 6.99. The molecule has 0 saturated heterocycles. The van der Waals surface area contributed by atoms with Gasteiger partial charge in [-0.3, -0.25) is 4.79 Å². The van der Waals surface area contributed by atoms with Crippen molar-refractivity contribution < 1.29 is 9.53 Å². The van der Waals surface area contributed by atoms with Crippen LogP contribution < -0.4 is 15.8 Å². The molecule has 0 amide bonds. The summed E-state index contributed by atoms with van der Waals surface area (Å²) in [5.74, 6) is 3.12. The van der Waals surface area contributed by atoms with E-state index in [-0.39, 0.29) is 11.7 Å². The van der Waals surface area contributed by atoms with Gasteiger partial charge in [0.1, 0.15) is 11.6 Å². The van der Waals surface area contributed by atoms with Crippen molar-refractivity contribution in [2.24, 2.45) is 0 Å². The monoisotopic (exact) mass is 395 g/mol. The lowest BCUT2D eigenvalue weighted by molar-refractivity contribution is 0.101. The van der Waals surface area contributed by atoms with E-state index in [0.717, 1.165) is 17.0 Å². The van der Waals surface area contributed by atoms with Gasteiger partial charge in [0.2, 0.25) is 11.9 Å². The van der Waals surface area contributed by atoms with Gasteiger partial charge in [-0.2, -0.15) is 15.0 Å². The zero-order valence-electron chi connectivity index (χ0n) is 15.7. The van der Waals surface area contributed by atoms with Gasteiger partial charge in [0, 0.05) is 22.6 Å². The number of carbonyl (C=O) groups excluding carboxylic acids is 1. The topological polar surface area (TPSA) is 103 Å². The maximum absolute atomic E-state index is 11.6. The molecule has 0 atom stereocenters. The zero-order chi connectivity index (χ0) is 19.9. The predicted molar refractivity (Wildman–Crippen MR) is 112 cm³/mol. The summed E-state index contributed by atoms with van der Waals surface area (Å²) in [6, 6.07) is 15.1. The van der Waals surface area contributed by atoms with Gasteiger partial charge in [0.25, 0.3) is 0 Å². The number of nitrogens with zero attached hydrogens (tertiary/aromatic N) is 3. The van der Waals surface area contributed by atoms with Gasteiger partial charge >= 0.3 is 0 Å². The van der Waals surface area contributed by atoms with Gasteiger partial charge in [-0.1, -0.05) is 18.2 Å². The highest BCUT2D eigenvalue weighted by molar-refractivity contribution is 7.97. The van der Waals surface area contributed by atoms with E-state index in [1.807, 2.05) is 42.5 Å². The quantitative estimate of drug-likeness (QED) is 0.555. The lowest BCUT2D eigenvalue weighted by Crippen LogP contribution is -2.06. The Labute approximate surface area is 167 Å². The summed E-state index contributed by atoms with van der Waals surface area (Å²) in [5.41, 5.74) is 8.31. The fourth-order valence-corrected chi connectivity index (χ4v) is 3.43. The Morgan fingerprint density at radius 3 is 2.61 bits per heavy atom. The average molecular weight is 395 g/mol. The van der Waals surface area contributed by atoms with Crippen LogP contribution in [-0.2, 0) is 11.5 Å². The van der Waals surface area contributed by atoms with Crippen LogP contribution in [0.15, 0.2) is 48.5 Å². The Bertz CT molecular complexity index is 966. The summed E-state index contributed by atoms with van der Waals surface area (Å²) < 4.78 is 5.39. The number of carbonyl (C=O) groups is 1. The van der Waals surface area contributed by atoms with Crippen LogP contribution in [0.2, 0.25) is 0 Å². The predicted octanol–water partition coefficient (Wildman–Crippen LogP) is 3.84. The smallest absolute Gasteiger partial charge is 0.232 e. The molecule has 1 heterocycles. The minimum Gasteiger partial charge on any atom is -0.496 e. The molecular formula is C20H21N5O2S. The number of ketones is 1. The number of ether oxygens (including phenoxy) is 1. The molecule has 28 heavy (non-hydrogen) atoms. The molecule has 8 heteroatoms. The number of para-hydroxylation sites is 1. The van der Waals surface area contributed by atoms with Crippen LogP contribution in [0.4, 0.5) is 17.6 Å². The number of nitrogens with two attached hydrogens (primary N) is 1. The van der Waals surface area contributed by atoms with Gasteiger partial charge < -0.3 is 15.8 Å². The third-order valence-corrected chi connectivity index (χ3v) is 4.88. The Kier molecular flexibility index (Phi) is 6.44. The Morgan fingerprint density at radius 2 is 1.89 bits per heavy atom. The Balaban J connectivity index is 1.68. The van der Waals surface area contributed by atoms with Crippen molar-refractivity contribution in [3.8, 4) is 5.75 Å². The van der Waals surface area contributed by atoms with E-state index in [0.29, 0.717) is 28.8 Å². The van der Waals surface area contributed by atoms with E-state index < -0.39 is 0 Å². The van der Waals surface area contributed by atoms with Crippen LogP contribution in [0.3, 0.4) is 0 Å². The normalized spacial score (nSPS) is 10.5. The second kappa shape index (κ2) is 9.18. The molecule has 0 radical (unpaired) electrons. The number of anilines is 3. The number of hydrogen-bond acceptors (Lipinski definition) is 8. The fraction of sp³-hybridized carbons (Fsp3) is 0.200. The highest BCUT2D eigenvalue weighted by atomic mass is 32.2. The van der Waals surface area contributed by atoms with Crippen LogP contribution in [0, 0.1) is 0 Å². The molecule has 3 aromatic rings. The van der Waals surface area contributed by atoms with Crippen molar-refractivity contribution >= 4 is 35.1 Å². The standard InChI is InChI=1S/C20H21N5O2S/c1-13(26)14-8-9-17(27-2)15(10-14)11-28-12-18-23-19(21)25-20(24-18)22-16-6-4-3-5-7-16/h3-10H,11-12H2,1-2H3,(H3,21,22,23,24,25). The first-order valence-corrected chi connectivity index (χ1v) is 9.78. The van der Waals surface area contributed by atoms with Gasteiger partial charge in [0.15, 0.2) is 5.78 Å². The van der Waals surface area contributed by atoms with Crippen molar-refractivity contribution in [2.75, 3.05) is 18.2 Å². The molecule has 2 aromatic carbocycles. The molecule has 0 aliphatic rings. The summed E-state index contributed by atoms with van der Waals surface area (Å²) in [4.78, 5) is 24.4. The van der Waals surface area contributed by atoms with Crippen LogP contribution >= 0.6 is 11.8 Å². The number of hydrogen-bond donors (Lipinski definition) is 2. The highest BCUT2D eigenvalue weighted by Crippen LogP contribution is 2.26. The first-order chi connectivity index (χ1) is 13.5. The van der Waals surface area contributed by atoms with E-state index in [1.54, 1.807) is 31.9 Å².